The zero-order valence-electron chi connectivity index (χ0n) is 6.05. The minimum Gasteiger partial charge on any atom is -0.357 e. The van der Waals surface area contributed by atoms with Crippen LogP contribution in [0.4, 0.5) is 0 Å². The van der Waals surface area contributed by atoms with E-state index in [9.17, 15) is 0 Å². The molecule has 0 saturated carbocycles. The molecule has 2 fully saturated rings. The summed E-state index contributed by atoms with van der Waals surface area (Å²) in [7, 11) is 3.52. The molecule has 0 amide bonds. The van der Waals surface area contributed by atoms with E-state index >= 15 is 0 Å². The highest BCUT2D eigenvalue weighted by Gasteiger charge is 2.59. The molecule has 0 radical (unpaired) electrons. The lowest BCUT2D eigenvalue weighted by atomic mass is 10.2. The van der Waals surface area contributed by atoms with Crippen LogP contribution in [0.2, 0.25) is 0 Å². The van der Waals surface area contributed by atoms with E-state index in [4.69, 9.17) is 9.47 Å². The smallest absolute Gasteiger partial charge is 0.159 e. The number of ether oxygens (including phenoxy) is 2. The molecular formula is C6H10O2S2. The van der Waals surface area contributed by atoms with Crippen molar-refractivity contribution < 1.29 is 9.47 Å². The third kappa shape index (κ3) is 0.763. The molecule has 0 aliphatic carbocycles. The van der Waals surface area contributed by atoms with Gasteiger partial charge in [-0.05, 0) is 13.8 Å². The first kappa shape index (κ1) is 7.28. The third-order valence-electron chi connectivity index (χ3n) is 2.02. The fourth-order valence-electron chi connectivity index (χ4n) is 1.06. The van der Waals surface area contributed by atoms with Gasteiger partial charge in [-0.25, -0.2) is 0 Å². The van der Waals surface area contributed by atoms with Crippen molar-refractivity contribution in [3.8, 4) is 0 Å². The van der Waals surface area contributed by atoms with Crippen LogP contribution in [0.15, 0.2) is 0 Å². The Hall–Kier alpha value is 0.620. The van der Waals surface area contributed by atoms with Gasteiger partial charge in [-0.1, -0.05) is 21.6 Å². The van der Waals surface area contributed by atoms with Crippen molar-refractivity contribution in [1.82, 2.24) is 0 Å². The summed E-state index contributed by atoms with van der Waals surface area (Å²) < 4.78 is 11.2. The number of hydrogen-bond acceptors (Lipinski definition) is 4. The molecule has 4 heteroatoms. The Labute approximate surface area is 68.4 Å². The minimum absolute atomic E-state index is 0.0874. The van der Waals surface area contributed by atoms with Crippen LogP contribution in [0.1, 0.15) is 13.8 Å². The standard InChI is InChI=1S/C6H10O2S2/c1-5-6(2,10-9-5)8-4-3-7-5/h3-4H2,1-2H3. The SMILES string of the molecule is CC12OCCOC1(C)SS2. The van der Waals surface area contributed by atoms with Crippen molar-refractivity contribution in [3.63, 3.8) is 0 Å². The van der Waals surface area contributed by atoms with Crippen molar-refractivity contribution >= 4 is 21.6 Å². The van der Waals surface area contributed by atoms with Gasteiger partial charge < -0.3 is 9.47 Å². The highest BCUT2D eigenvalue weighted by Crippen LogP contribution is 2.65. The third-order valence-corrected chi connectivity index (χ3v) is 6.04. The van der Waals surface area contributed by atoms with E-state index in [0.29, 0.717) is 0 Å². The Kier molecular flexibility index (Phi) is 1.50. The van der Waals surface area contributed by atoms with E-state index in [2.05, 4.69) is 13.8 Å². The molecule has 2 unspecified atom stereocenters. The second-order valence-electron chi connectivity index (χ2n) is 2.76. The monoisotopic (exact) mass is 178 g/mol. The van der Waals surface area contributed by atoms with Gasteiger partial charge in [-0.2, -0.15) is 0 Å². The summed E-state index contributed by atoms with van der Waals surface area (Å²) in [6, 6.07) is 0. The molecule has 0 N–H and O–H groups in total. The van der Waals surface area contributed by atoms with Gasteiger partial charge in [0.15, 0.2) is 9.87 Å². The van der Waals surface area contributed by atoms with Crippen LogP contribution < -0.4 is 0 Å². The maximum absolute atomic E-state index is 5.58. The van der Waals surface area contributed by atoms with Gasteiger partial charge in [-0.15, -0.1) is 0 Å². The highest BCUT2D eigenvalue weighted by molar-refractivity contribution is 8.80. The first-order valence-corrected chi connectivity index (χ1v) is 5.46. The molecule has 0 aromatic heterocycles. The molecule has 0 aromatic rings. The molecule has 2 aliphatic heterocycles. The molecule has 10 heavy (non-hydrogen) atoms. The van der Waals surface area contributed by atoms with Crippen molar-refractivity contribution in [1.29, 1.82) is 0 Å². The van der Waals surface area contributed by atoms with E-state index in [0.717, 1.165) is 13.2 Å². The average molecular weight is 178 g/mol. The summed E-state index contributed by atoms with van der Waals surface area (Å²) in [5.74, 6) is 0. The van der Waals surface area contributed by atoms with Crippen LogP contribution in [-0.4, -0.2) is 23.1 Å². The Bertz CT molecular complexity index is 146. The highest BCUT2D eigenvalue weighted by atomic mass is 33.1. The van der Waals surface area contributed by atoms with Gasteiger partial charge in [0.1, 0.15) is 0 Å². The summed E-state index contributed by atoms with van der Waals surface area (Å²) >= 11 is 0. The molecule has 0 aromatic carbocycles. The fourth-order valence-corrected chi connectivity index (χ4v) is 3.94. The number of hydrogen-bond donors (Lipinski definition) is 0. The normalized spacial score (nSPS) is 53.4. The van der Waals surface area contributed by atoms with E-state index in [1.54, 1.807) is 21.6 Å². The van der Waals surface area contributed by atoms with Crippen molar-refractivity contribution in [2.24, 2.45) is 0 Å². The summed E-state index contributed by atoms with van der Waals surface area (Å²) in [5, 5.41) is 0. The molecule has 0 spiro atoms. The Morgan fingerprint density at radius 1 is 1.00 bits per heavy atom. The zero-order chi connectivity index (χ0) is 7.24. The minimum atomic E-state index is -0.0874. The molecule has 2 nitrogen and oxygen atoms in total. The molecule has 0 bridgehead atoms. The van der Waals surface area contributed by atoms with Crippen molar-refractivity contribution in [2.45, 2.75) is 23.7 Å². The van der Waals surface area contributed by atoms with Gasteiger partial charge in [-0.3, -0.25) is 0 Å². The molecule has 2 aliphatic rings. The number of rotatable bonds is 0. The van der Waals surface area contributed by atoms with Gasteiger partial charge >= 0.3 is 0 Å². The summed E-state index contributed by atoms with van der Waals surface area (Å²) in [4.78, 5) is -0.175. The molecule has 2 rings (SSSR count). The largest absolute Gasteiger partial charge is 0.357 e. The average Bonchev–Trinajstić information content (AvgIpc) is 1.92. The first-order chi connectivity index (χ1) is 4.66. The maximum atomic E-state index is 5.58. The molecular weight excluding hydrogens is 168 g/mol. The van der Waals surface area contributed by atoms with Gasteiger partial charge in [0, 0.05) is 0 Å². The summed E-state index contributed by atoms with van der Waals surface area (Å²) in [6.45, 7) is 5.65. The van der Waals surface area contributed by atoms with Gasteiger partial charge in [0.05, 0.1) is 13.2 Å². The van der Waals surface area contributed by atoms with Crippen LogP contribution >= 0.6 is 21.6 Å². The molecule has 2 atom stereocenters. The lowest BCUT2D eigenvalue weighted by molar-refractivity contribution is -0.164. The first-order valence-electron chi connectivity index (χ1n) is 3.31. The Morgan fingerprint density at radius 3 is 1.60 bits per heavy atom. The van der Waals surface area contributed by atoms with Gasteiger partial charge in [0.25, 0.3) is 0 Å². The van der Waals surface area contributed by atoms with Crippen molar-refractivity contribution in [2.75, 3.05) is 13.2 Å². The summed E-state index contributed by atoms with van der Waals surface area (Å²) in [5.41, 5.74) is 0. The van der Waals surface area contributed by atoms with E-state index in [1.165, 1.54) is 0 Å². The zero-order valence-corrected chi connectivity index (χ0v) is 7.68. The fraction of sp³-hybridized carbons (Fsp3) is 1.00. The van der Waals surface area contributed by atoms with E-state index < -0.39 is 0 Å². The van der Waals surface area contributed by atoms with Gasteiger partial charge in [0.2, 0.25) is 0 Å². The predicted molar refractivity (Wildman–Crippen MR) is 43.9 cm³/mol. The summed E-state index contributed by atoms with van der Waals surface area (Å²) in [6.07, 6.45) is 0. The van der Waals surface area contributed by atoms with Crippen LogP contribution in [-0.2, 0) is 9.47 Å². The Morgan fingerprint density at radius 2 is 1.40 bits per heavy atom. The lowest BCUT2D eigenvalue weighted by Crippen LogP contribution is -2.58. The quantitative estimate of drug-likeness (QED) is 0.527. The van der Waals surface area contributed by atoms with Crippen LogP contribution in [0.25, 0.3) is 0 Å². The molecule has 2 saturated heterocycles. The van der Waals surface area contributed by atoms with E-state index in [-0.39, 0.29) is 9.87 Å². The lowest BCUT2D eigenvalue weighted by Gasteiger charge is -2.54. The topological polar surface area (TPSA) is 18.5 Å². The van der Waals surface area contributed by atoms with Crippen LogP contribution in [0.3, 0.4) is 0 Å². The Balaban J connectivity index is 2.17. The van der Waals surface area contributed by atoms with Crippen molar-refractivity contribution in [3.05, 3.63) is 0 Å². The number of fused-ring (bicyclic) bond motifs is 1. The second-order valence-corrected chi connectivity index (χ2v) is 5.65. The van der Waals surface area contributed by atoms with E-state index in [1.807, 2.05) is 0 Å². The predicted octanol–water partition coefficient (Wildman–Crippen LogP) is 1.86. The second kappa shape index (κ2) is 2.06. The molecule has 2 heterocycles. The maximum Gasteiger partial charge on any atom is 0.159 e. The molecule has 58 valence electrons. The van der Waals surface area contributed by atoms with Crippen LogP contribution in [0.5, 0.6) is 0 Å². The van der Waals surface area contributed by atoms with Crippen LogP contribution in [0, 0.1) is 0 Å².